The van der Waals surface area contributed by atoms with Crippen LogP contribution in [0.1, 0.15) is 24.0 Å². The van der Waals surface area contributed by atoms with Crippen molar-refractivity contribution in [1.82, 2.24) is 9.80 Å². The number of hydrogen-bond donors (Lipinski definition) is 1. The lowest BCUT2D eigenvalue weighted by molar-refractivity contribution is 0.160. The standard InChI is InChI=1S/C15H23N3/c1-17-7-5-12(6-8-17)9-18-10-13-3-2-4-15(16)14(13)11-18/h2-4,12H,5-11,16H2,1H3. The third-order valence-corrected chi connectivity index (χ3v) is 4.44. The van der Waals surface area contributed by atoms with E-state index in [4.69, 9.17) is 5.73 Å². The molecule has 0 saturated carbocycles. The molecule has 0 radical (unpaired) electrons. The molecule has 1 aromatic carbocycles. The van der Waals surface area contributed by atoms with Crippen LogP contribution in [-0.2, 0) is 13.1 Å². The summed E-state index contributed by atoms with van der Waals surface area (Å²) < 4.78 is 0. The second-order valence-electron chi connectivity index (χ2n) is 5.90. The van der Waals surface area contributed by atoms with E-state index in [1.807, 2.05) is 6.07 Å². The van der Waals surface area contributed by atoms with Crippen LogP contribution in [0.2, 0.25) is 0 Å². The minimum absolute atomic E-state index is 0.872. The summed E-state index contributed by atoms with van der Waals surface area (Å²) in [6.45, 7) is 5.89. The summed E-state index contributed by atoms with van der Waals surface area (Å²) in [7, 11) is 2.22. The molecule has 0 bridgehead atoms. The minimum Gasteiger partial charge on any atom is -0.398 e. The third-order valence-electron chi connectivity index (χ3n) is 4.44. The molecule has 1 aromatic rings. The van der Waals surface area contributed by atoms with E-state index in [-0.39, 0.29) is 0 Å². The minimum atomic E-state index is 0.872. The van der Waals surface area contributed by atoms with Gasteiger partial charge in [0, 0.05) is 25.3 Å². The topological polar surface area (TPSA) is 32.5 Å². The predicted molar refractivity (Wildman–Crippen MR) is 75.2 cm³/mol. The molecule has 0 unspecified atom stereocenters. The van der Waals surface area contributed by atoms with E-state index in [0.29, 0.717) is 0 Å². The van der Waals surface area contributed by atoms with Gasteiger partial charge in [0.05, 0.1) is 0 Å². The van der Waals surface area contributed by atoms with Gasteiger partial charge in [-0.15, -0.1) is 0 Å². The highest BCUT2D eigenvalue weighted by molar-refractivity contribution is 5.52. The molecular formula is C15H23N3. The van der Waals surface area contributed by atoms with Crippen LogP contribution in [0, 0.1) is 5.92 Å². The quantitative estimate of drug-likeness (QED) is 0.808. The van der Waals surface area contributed by atoms with Crippen molar-refractivity contribution < 1.29 is 0 Å². The van der Waals surface area contributed by atoms with Gasteiger partial charge in [-0.25, -0.2) is 0 Å². The summed E-state index contributed by atoms with van der Waals surface area (Å²) in [5.41, 5.74) is 9.82. The van der Waals surface area contributed by atoms with Gasteiger partial charge in [-0.1, -0.05) is 12.1 Å². The summed E-state index contributed by atoms with van der Waals surface area (Å²) in [4.78, 5) is 5.00. The van der Waals surface area contributed by atoms with Crippen LogP contribution in [0.5, 0.6) is 0 Å². The number of piperidine rings is 1. The molecule has 98 valence electrons. The molecule has 3 heteroatoms. The number of nitrogens with zero attached hydrogens (tertiary/aromatic N) is 2. The summed E-state index contributed by atoms with van der Waals surface area (Å²) in [6, 6.07) is 6.32. The first kappa shape index (κ1) is 12.0. The fourth-order valence-corrected chi connectivity index (χ4v) is 3.25. The van der Waals surface area contributed by atoms with E-state index in [1.54, 1.807) is 0 Å². The molecule has 0 aromatic heterocycles. The van der Waals surface area contributed by atoms with Gasteiger partial charge in [-0.05, 0) is 56.1 Å². The number of nitrogen functional groups attached to an aromatic ring is 1. The maximum absolute atomic E-state index is 6.05. The fourth-order valence-electron chi connectivity index (χ4n) is 3.25. The molecule has 2 heterocycles. The summed E-state index contributed by atoms with van der Waals surface area (Å²) in [6.07, 6.45) is 2.69. The molecule has 2 aliphatic rings. The van der Waals surface area contributed by atoms with Crippen molar-refractivity contribution in [3.05, 3.63) is 29.3 Å². The SMILES string of the molecule is CN1CCC(CN2Cc3cccc(N)c3C2)CC1. The van der Waals surface area contributed by atoms with Crippen molar-refractivity contribution in [2.45, 2.75) is 25.9 Å². The van der Waals surface area contributed by atoms with Crippen LogP contribution in [0.15, 0.2) is 18.2 Å². The van der Waals surface area contributed by atoms with Gasteiger partial charge in [-0.2, -0.15) is 0 Å². The van der Waals surface area contributed by atoms with Gasteiger partial charge in [0.1, 0.15) is 0 Å². The lowest BCUT2D eigenvalue weighted by Crippen LogP contribution is -2.35. The molecule has 0 amide bonds. The van der Waals surface area contributed by atoms with Crippen molar-refractivity contribution in [2.75, 3.05) is 32.4 Å². The smallest absolute Gasteiger partial charge is 0.0363 e. The maximum Gasteiger partial charge on any atom is 0.0363 e. The summed E-state index contributed by atoms with van der Waals surface area (Å²) in [5.74, 6) is 0.872. The number of hydrogen-bond acceptors (Lipinski definition) is 3. The molecule has 1 saturated heterocycles. The van der Waals surface area contributed by atoms with E-state index < -0.39 is 0 Å². The molecule has 3 rings (SSSR count). The van der Waals surface area contributed by atoms with Gasteiger partial charge in [-0.3, -0.25) is 4.90 Å². The largest absolute Gasteiger partial charge is 0.398 e. The van der Waals surface area contributed by atoms with Gasteiger partial charge in [0.25, 0.3) is 0 Å². The normalized spacial score (nSPS) is 22.3. The molecule has 18 heavy (non-hydrogen) atoms. The van der Waals surface area contributed by atoms with Crippen LogP contribution < -0.4 is 5.73 Å². The molecule has 0 aliphatic carbocycles. The van der Waals surface area contributed by atoms with Crippen molar-refractivity contribution in [3.8, 4) is 0 Å². The molecule has 2 aliphatic heterocycles. The second-order valence-corrected chi connectivity index (χ2v) is 5.90. The zero-order valence-electron chi connectivity index (χ0n) is 11.2. The Morgan fingerprint density at radius 3 is 2.72 bits per heavy atom. The number of fused-ring (bicyclic) bond motifs is 1. The highest BCUT2D eigenvalue weighted by Crippen LogP contribution is 2.29. The van der Waals surface area contributed by atoms with Crippen molar-refractivity contribution in [2.24, 2.45) is 5.92 Å². The van der Waals surface area contributed by atoms with Gasteiger partial charge < -0.3 is 10.6 Å². The zero-order chi connectivity index (χ0) is 12.5. The Balaban J connectivity index is 1.59. The molecule has 0 spiro atoms. The van der Waals surface area contributed by atoms with Crippen LogP contribution in [-0.4, -0.2) is 36.5 Å². The van der Waals surface area contributed by atoms with Crippen LogP contribution in [0.4, 0.5) is 5.69 Å². The van der Waals surface area contributed by atoms with Crippen LogP contribution in [0.25, 0.3) is 0 Å². The van der Waals surface area contributed by atoms with Crippen LogP contribution in [0.3, 0.4) is 0 Å². The lowest BCUT2D eigenvalue weighted by atomic mass is 9.97. The summed E-state index contributed by atoms with van der Waals surface area (Å²) in [5, 5.41) is 0. The number of benzene rings is 1. The Kier molecular flexibility index (Phi) is 3.27. The fraction of sp³-hybridized carbons (Fsp3) is 0.600. The van der Waals surface area contributed by atoms with Crippen molar-refractivity contribution in [1.29, 1.82) is 0 Å². The average Bonchev–Trinajstić information content (AvgIpc) is 2.76. The van der Waals surface area contributed by atoms with Crippen molar-refractivity contribution in [3.63, 3.8) is 0 Å². The first-order valence-corrected chi connectivity index (χ1v) is 6.99. The third kappa shape index (κ3) is 2.38. The van der Waals surface area contributed by atoms with Crippen molar-refractivity contribution >= 4 is 5.69 Å². The van der Waals surface area contributed by atoms with E-state index in [2.05, 4.69) is 29.0 Å². The van der Waals surface area contributed by atoms with Crippen LogP contribution >= 0.6 is 0 Å². The average molecular weight is 245 g/mol. The van der Waals surface area contributed by atoms with E-state index >= 15 is 0 Å². The Morgan fingerprint density at radius 2 is 2.00 bits per heavy atom. The first-order chi connectivity index (χ1) is 8.72. The lowest BCUT2D eigenvalue weighted by Gasteiger charge is -2.31. The highest BCUT2D eigenvalue weighted by Gasteiger charge is 2.24. The van der Waals surface area contributed by atoms with Gasteiger partial charge in [0.2, 0.25) is 0 Å². The second kappa shape index (κ2) is 4.90. The Hall–Kier alpha value is -1.06. The van der Waals surface area contributed by atoms with E-state index in [9.17, 15) is 0 Å². The highest BCUT2D eigenvalue weighted by atomic mass is 15.2. The number of nitrogens with two attached hydrogens (primary N) is 1. The Morgan fingerprint density at radius 1 is 1.22 bits per heavy atom. The Bertz CT molecular complexity index is 422. The monoisotopic (exact) mass is 245 g/mol. The molecular weight excluding hydrogens is 222 g/mol. The summed E-state index contributed by atoms with van der Waals surface area (Å²) >= 11 is 0. The molecule has 0 atom stereocenters. The molecule has 3 nitrogen and oxygen atoms in total. The van der Waals surface area contributed by atoms with E-state index in [1.165, 1.54) is 43.6 Å². The predicted octanol–water partition coefficient (Wildman–Crippen LogP) is 1.93. The van der Waals surface area contributed by atoms with Gasteiger partial charge >= 0.3 is 0 Å². The number of likely N-dealkylation sites (tertiary alicyclic amines) is 1. The number of rotatable bonds is 2. The molecule has 2 N–H and O–H groups in total. The zero-order valence-corrected chi connectivity index (χ0v) is 11.2. The Labute approximate surface area is 110 Å². The maximum atomic E-state index is 6.05. The number of anilines is 1. The van der Waals surface area contributed by atoms with Gasteiger partial charge in [0.15, 0.2) is 0 Å². The van der Waals surface area contributed by atoms with E-state index in [0.717, 1.165) is 24.7 Å². The molecule has 1 fully saturated rings. The first-order valence-electron chi connectivity index (χ1n) is 6.99.